The van der Waals surface area contributed by atoms with Crippen LogP contribution in [-0.4, -0.2) is 36.7 Å². The molecule has 3 N–H and O–H groups in total. The maximum Gasteiger partial charge on any atom is 0.144 e. The van der Waals surface area contributed by atoms with Gasteiger partial charge in [0.15, 0.2) is 0 Å². The third kappa shape index (κ3) is 4.81. The fraction of sp³-hybridized carbons (Fsp3) is 0.647. The predicted molar refractivity (Wildman–Crippen MR) is 90.0 cm³/mol. The molecule has 0 unspecified atom stereocenters. The molecule has 0 atom stereocenters. The van der Waals surface area contributed by atoms with Gasteiger partial charge in [-0.1, -0.05) is 6.92 Å². The lowest BCUT2D eigenvalue weighted by Crippen LogP contribution is -2.39. The largest absolute Gasteiger partial charge is 0.489 e. The summed E-state index contributed by atoms with van der Waals surface area (Å²) in [7, 11) is 0. The number of likely N-dealkylation sites (tertiary alicyclic amines) is 1. The van der Waals surface area contributed by atoms with Crippen molar-refractivity contribution in [3.05, 3.63) is 18.2 Å². The molecule has 1 fully saturated rings. The van der Waals surface area contributed by atoms with E-state index in [2.05, 4.69) is 17.1 Å². The molecule has 1 aliphatic heterocycles. The minimum Gasteiger partial charge on any atom is -0.489 e. The van der Waals surface area contributed by atoms with Gasteiger partial charge in [-0.05, 0) is 51.8 Å². The highest BCUT2D eigenvalue weighted by atomic mass is 16.5. The summed E-state index contributed by atoms with van der Waals surface area (Å²) in [6.45, 7) is 9.88. The molecular weight excluding hydrogens is 262 g/mol. The normalized spacial score (nSPS) is 17.1. The molecule has 118 valence electrons. The number of nitrogen functional groups attached to an aromatic ring is 1. The molecule has 0 amide bonds. The summed E-state index contributed by atoms with van der Waals surface area (Å²) in [6.07, 6.45) is 3.78. The van der Waals surface area contributed by atoms with Crippen molar-refractivity contribution in [1.82, 2.24) is 4.90 Å². The molecular formula is C17H29N3O. The van der Waals surface area contributed by atoms with E-state index < -0.39 is 0 Å². The van der Waals surface area contributed by atoms with Crippen LogP contribution in [0.5, 0.6) is 5.75 Å². The van der Waals surface area contributed by atoms with Crippen LogP contribution in [0.3, 0.4) is 0 Å². The van der Waals surface area contributed by atoms with E-state index in [1.165, 1.54) is 38.9 Å². The number of piperidine rings is 1. The van der Waals surface area contributed by atoms with E-state index in [9.17, 15) is 0 Å². The molecule has 1 saturated heterocycles. The lowest BCUT2D eigenvalue weighted by molar-refractivity contribution is 0.219. The molecule has 0 aliphatic carbocycles. The lowest BCUT2D eigenvalue weighted by atomic mass is 10.0. The quantitative estimate of drug-likeness (QED) is 0.789. The highest BCUT2D eigenvalue weighted by molar-refractivity contribution is 5.61. The number of ether oxygens (including phenoxy) is 1. The fourth-order valence-electron chi connectivity index (χ4n) is 2.83. The Bertz CT molecular complexity index is 440. The molecule has 0 bridgehead atoms. The number of hydrogen-bond donors (Lipinski definition) is 2. The van der Waals surface area contributed by atoms with Gasteiger partial charge in [0.25, 0.3) is 0 Å². The fourth-order valence-corrected chi connectivity index (χ4v) is 2.83. The smallest absolute Gasteiger partial charge is 0.144 e. The molecule has 1 aromatic rings. The number of nitrogens with zero attached hydrogens (tertiary/aromatic N) is 1. The van der Waals surface area contributed by atoms with Gasteiger partial charge in [-0.3, -0.25) is 0 Å². The molecule has 4 nitrogen and oxygen atoms in total. The van der Waals surface area contributed by atoms with Crippen LogP contribution in [0.15, 0.2) is 18.2 Å². The van der Waals surface area contributed by atoms with E-state index in [-0.39, 0.29) is 6.10 Å². The van der Waals surface area contributed by atoms with Gasteiger partial charge in [-0.25, -0.2) is 0 Å². The zero-order chi connectivity index (χ0) is 15.2. The van der Waals surface area contributed by atoms with Gasteiger partial charge in [-0.15, -0.1) is 0 Å². The van der Waals surface area contributed by atoms with Crippen LogP contribution in [0, 0.1) is 0 Å². The first-order chi connectivity index (χ1) is 10.1. The van der Waals surface area contributed by atoms with Crippen LogP contribution < -0.4 is 15.8 Å². The number of benzene rings is 1. The van der Waals surface area contributed by atoms with E-state index in [4.69, 9.17) is 10.5 Å². The van der Waals surface area contributed by atoms with Crippen LogP contribution >= 0.6 is 0 Å². The molecule has 21 heavy (non-hydrogen) atoms. The Morgan fingerprint density at radius 2 is 2.05 bits per heavy atom. The second kappa shape index (κ2) is 7.55. The summed E-state index contributed by atoms with van der Waals surface area (Å²) in [4.78, 5) is 2.55. The maximum atomic E-state index is 5.96. The summed E-state index contributed by atoms with van der Waals surface area (Å²) in [6, 6.07) is 6.54. The predicted octanol–water partition coefficient (Wildman–Crippen LogP) is 3.34. The summed E-state index contributed by atoms with van der Waals surface area (Å²) in [5.74, 6) is 0.776. The third-order valence-electron chi connectivity index (χ3n) is 3.87. The Morgan fingerprint density at radius 3 is 2.67 bits per heavy atom. The number of anilines is 2. The molecule has 1 aromatic carbocycles. The van der Waals surface area contributed by atoms with Crippen molar-refractivity contribution in [2.45, 2.75) is 52.2 Å². The highest BCUT2D eigenvalue weighted by Gasteiger charge is 2.18. The summed E-state index contributed by atoms with van der Waals surface area (Å²) in [5.41, 5.74) is 7.77. The zero-order valence-electron chi connectivity index (χ0n) is 13.6. The monoisotopic (exact) mass is 291 g/mol. The average Bonchev–Trinajstić information content (AvgIpc) is 2.44. The lowest BCUT2D eigenvalue weighted by Gasteiger charge is -2.32. The first kappa shape index (κ1) is 16.0. The molecule has 2 rings (SSSR count). The maximum absolute atomic E-state index is 5.96. The van der Waals surface area contributed by atoms with E-state index >= 15 is 0 Å². The number of nitrogens with two attached hydrogens (primary N) is 1. The first-order valence-corrected chi connectivity index (χ1v) is 8.13. The summed E-state index contributed by atoms with van der Waals surface area (Å²) in [5, 5.41) is 3.62. The molecule has 0 saturated carbocycles. The molecule has 1 aliphatic rings. The number of nitrogens with one attached hydrogen (secondary N) is 1. The SMILES string of the molecule is CCCN1CCC(Nc2ccc(N)c(OC(C)C)c2)CC1. The topological polar surface area (TPSA) is 50.5 Å². The average molecular weight is 291 g/mol. The first-order valence-electron chi connectivity index (χ1n) is 8.13. The van der Waals surface area contributed by atoms with Gasteiger partial charge in [0, 0.05) is 30.9 Å². The Morgan fingerprint density at radius 1 is 1.33 bits per heavy atom. The summed E-state index contributed by atoms with van der Waals surface area (Å²) >= 11 is 0. The van der Waals surface area contributed by atoms with Crippen molar-refractivity contribution in [2.75, 3.05) is 30.7 Å². The Hall–Kier alpha value is -1.42. The van der Waals surface area contributed by atoms with E-state index in [1.54, 1.807) is 0 Å². The van der Waals surface area contributed by atoms with E-state index in [1.807, 2.05) is 32.0 Å². The second-order valence-electron chi connectivity index (χ2n) is 6.18. The third-order valence-corrected chi connectivity index (χ3v) is 3.87. The van der Waals surface area contributed by atoms with Gasteiger partial charge in [0.05, 0.1) is 11.8 Å². The van der Waals surface area contributed by atoms with Crippen LogP contribution in [-0.2, 0) is 0 Å². The van der Waals surface area contributed by atoms with E-state index in [0.29, 0.717) is 11.7 Å². The van der Waals surface area contributed by atoms with Crippen LogP contribution in [0.4, 0.5) is 11.4 Å². The minimum absolute atomic E-state index is 0.139. The van der Waals surface area contributed by atoms with Crippen LogP contribution in [0.1, 0.15) is 40.0 Å². The van der Waals surface area contributed by atoms with Crippen molar-refractivity contribution >= 4 is 11.4 Å². The minimum atomic E-state index is 0.139. The van der Waals surface area contributed by atoms with Crippen molar-refractivity contribution in [2.24, 2.45) is 0 Å². The molecule has 4 heteroatoms. The molecule has 0 aromatic heterocycles. The summed E-state index contributed by atoms with van der Waals surface area (Å²) < 4.78 is 5.75. The van der Waals surface area contributed by atoms with Gasteiger partial charge in [-0.2, -0.15) is 0 Å². The zero-order valence-corrected chi connectivity index (χ0v) is 13.6. The Kier molecular flexibility index (Phi) is 5.74. The number of hydrogen-bond acceptors (Lipinski definition) is 4. The van der Waals surface area contributed by atoms with Gasteiger partial charge >= 0.3 is 0 Å². The van der Waals surface area contributed by atoms with Crippen molar-refractivity contribution in [1.29, 1.82) is 0 Å². The van der Waals surface area contributed by atoms with Crippen molar-refractivity contribution in [3.63, 3.8) is 0 Å². The molecule has 1 heterocycles. The van der Waals surface area contributed by atoms with E-state index in [0.717, 1.165) is 11.4 Å². The Balaban J connectivity index is 1.91. The van der Waals surface area contributed by atoms with Gasteiger partial charge in [0.2, 0.25) is 0 Å². The highest BCUT2D eigenvalue weighted by Crippen LogP contribution is 2.27. The van der Waals surface area contributed by atoms with Gasteiger partial charge < -0.3 is 20.7 Å². The molecule has 0 spiro atoms. The standard InChI is InChI=1S/C17H29N3O/c1-4-9-20-10-7-14(8-11-20)19-15-5-6-16(18)17(12-15)21-13(2)3/h5-6,12-14,19H,4,7-11,18H2,1-3H3. The molecule has 0 radical (unpaired) electrons. The van der Waals surface area contributed by atoms with Gasteiger partial charge in [0.1, 0.15) is 5.75 Å². The number of rotatable bonds is 6. The second-order valence-corrected chi connectivity index (χ2v) is 6.18. The van der Waals surface area contributed by atoms with Crippen LogP contribution in [0.25, 0.3) is 0 Å². The van der Waals surface area contributed by atoms with Crippen molar-refractivity contribution in [3.8, 4) is 5.75 Å². The van der Waals surface area contributed by atoms with Crippen LogP contribution in [0.2, 0.25) is 0 Å². The Labute approximate surface area is 128 Å². The van der Waals surface area contributed by atoms with Crippen molar-refractivity contribution < 1.29 is 4.74 Å².